The van der Waals surface area contributed by atoms with Crippen molar-refractivity contribution in [3.05, 3.63) is 33.6 Å². The first kappa shape index (κ1) is 22.4. The van der Waals surface area contributed by atoms with Crippen molar-refractivity contribution >= 4 is 35.0 Å². The van der Waals surface area contributed by atoms with E-state index in [9.17, 15) is 14.0 Å². The molecular weight excluding hydrogens is 414 g/mol. The number of carbonyl (C=O) groups excluding carboxylic acids is 2. The van der Waals surface area contributed by atoms with Gasteiger partial charge < -0.3 is 10.6 Å². The molecule has 0 radical (unpaired) electrons. The van der Waals surface area contributed by atoms with E-state index in [0.717, 1.165) is 32.1 Å². The third-order valence-electron chi connectivity index (χ3n) is 6.78. The standard InChI is InChI=1S/C22H29Cl2FN2O2/c1-13(28)26-14-8-11-22(3,12-14)20(29)27-19(21(2)9-4-5-10-21)17-16(25)7-6-15(23)18(17)24/h6-7,14,19H,4-5,8-12H2,1-3H3,(H,26,28)(H,27,29)/t14-,19+,22+/m0/s1. The summed E-state index contributed by atoms with van der Waals surface area (Å²) < 4.78 is 14.9. The van der Waals surface area contributed by atoms with Crippen LogP contribution in [-0.4, -0.2) is 17.9 Å². The number of carbonyl (C=O) groups is 2. The molecule has 0 aliphatic heterocycles. The molecule has 7 heteroatoms. The molecule has 0 spiro atoms. The van der Waals surface area contributed by atoms with Crippen molar-refractivity contribution in [2.75, 3.05) is 0 Å². The number of benzene rings is 1. The van der Waals surface area contributed by atoms with Gasteiger partial charge in [0.25, 0.3) is 0 Å². The summed E-state index contributed by atoms with van der Waals surface area (Å²) in [5, 5.41) is 6.50. The van der Waals surface area contributed by atoms with Crippen molar-refractivity contribution in [1.82, 2.24) is 10.6 Å². The summed E-state index contributed by atoms with van der Waals surface area (Å²) >= 11 is 12.6. The normalized spacial score (nSPS) is 26.9. The number of amides is 2. The van der Waals surface area contributed by atoms with Gasteiger partial charge in [-0.1, -0.05) is 49.9 Å². The van der Waals surface area contributed by atoms with Crippen LogP contribution in [0.1, 0.15) is 77.3 Å². The van der Waals surface area contributed by atoms with Crippen molar-refractivity contribution in [3.63, 3.8) is 0 Å². The van der Waals surface area contributed by atoms with Gasteiger partial charge in [-0.05, 0) is 49.7 Å². The van der Waals surface area contributed by atoms with E-state index in [1.54, 1.807) is 0 Å². The highest BCUT2D eigenvalue weighted by molar-refractivity contribution is 6.42. The number of nitrogens with one attached hydrogen (secondary N) is 2. The van der Waals surface area contributed by atoms with Gasteiger partial charge in [0, 0.05) is 23.9 Å². The third-order valence-corrected chi connectivity index (χ3v) is 7.60. The Balaban J connectivity index is 1.90. The molecule has 2 amide bonds. The first-order valence-electron chi connectivity index (χ1n) is 10.3. The molecule has 2 aliphatic carbocycles. The minimum Gasteiger partial charge on any atom is -0.354 e. The maximum absolute atomic E-state index is 14.9. The minimum atomic E-state index is -0.623. The zero-order valence-electron chi connectivity index (χ0n) is 17.2. The van der Waals surface area contributed by atoms with Crippen molar-refractivity contribution in [2.24, 2.45) is 10.8 Å². The lowest BCUT2D eigenvalue weighted by Gasteiger charge is -2.38. The Labute approximate surface area is 181 Å². The van der Waals surface area contributed by atoms with Crippen LogP contribution in [0.3, 0.4) is 0 Å². The van der Waals surface area contributed by atoms with E-state index in [0.29, 0.717) is 12.8 Å². The van der Waals surface area contributed by atoms with Gasteiger partial charge in [0.05, 0.1) is 16.1 Å². The maximum Gasteiger partial charge on any atom is 0.226 e. The smallest absolute Gasteiger partial charge is 0.226 e. The fourth-order valence-corrected chi connectivity index (χ4v) is 5.46. The first-order valence-corrected chi connectivity index (χ1v) is 11.0. The molecule has 0 heterocycles. The Morgan fingerprint density at radius 1 is 1.17 bits per heavy atom. The highest BCUT2D eigenvalue weighted by Gasteiger charge is 2.46. The molecule has 0 unspecified atom stereocenters. The quantitative estimate of drug-likeness (QED) is 0.585. The third kappa shape index (κ3) is 4.56. The molecule has 2 aliphatic rings. The van der Waals surface area contributed by atoms with Gasteiger partial charge in [-0.15, -0.1) is 0 Å². The molecule has 160 valence electrons. The lowest BCUT2D eigenvalue weighted by molar-refractivity contribution is -0.132. The van der Waals surface area contributed by atoms with E-state index in [1.165, 1.54) is 19.1 Å². The van der Waals surface area contributed by atoms with Crippen molar-refractivity contribution < 1.29 is 14.0 Å². The Kier molecular flexibility index (Phi) is 6.50. The van der Waals surface area contributed by atoms with Gasteiger partial charge in [-0.2, -0.15) is 0 Å². The largest absolute Gasteiger partial charge is 0.354 e. The average molecular weight is 443 g/mol. The fraction of sp³-hybridized carbons (Fsp3) is 0.636. The van der Waals surface area contributed by atoms with Gasteiger partial charge in [0.2, 0.25) is 11.8 Å². The van der Waals surface area contributed by atoms with E-state index < -0.39 is 17.3 Å². The Morgan fingerprint density at radius 2 is 1.83 bits per heavy atom. The highest BCUT2D eigenvalue weighted by atomic mass is 35.5. The lowest BCUT2D eigenvalue weighted by Crippen LogP contribution is -2.45. The maximum atomic E-state index is 14.9. The molecule has 2 saturated carbocycles. The lowest BCUT2D eigenvalue weighted by atomic mass is 9.76. The Bertz CT molecular complexity index is 810. The summed E-state index contributed by atoms with van der Waals surface area (Å²) in [6.07, 6.45) is 5.80. The number of rotatable bonds is 5. The summed E-state index contributed by atoms with van der Waals surface area (Å²) in [7, 11) is 0. The molecule has 1 aromatic carbocycles. The SMILES string of the molecule is CC(=O)N[C@H]1CC[C@@](C)(C(=O)N[C@H](c2c(F)ccc(Cl)c2Cl)C2(C)CCCC2)C1. The van der Waals surface area contributed by atoms with Gasteiger partial charge in [-0.3, -0.25) is 9.59 Å². The Morgan fingerprint density at radius 3 is 2.45 bits per heavy atom. The second-order valence-electron chi connectivity index (χ2n) is 9.23. The van der Waals surface area contributed by atoms with Gasteiger partial charge >= 0.3 is 0 Å². The average Bonchev–Trinajstić information content (AvgIpc) is 3.24. The van der Waals surface area contributed by atoms with Gasteiger partial charge in [0.1, 0.15) is 5.82 Å². The summed E-state index contributed by atoms with van der Waals surface area (Å²) in [5.41, 5.74) is -0.643. The molecule has 2 N–H and O–H groups in total. The van der Waals surface area contributed by atoms with Crippen LogP contribution in [0.4, 0.5) is 4.39 Å². The van der Waals surface area contributed by atoms with E-state index in [4.69, 9.17) is 23.2 Å². The van der Waals surface area contributed by atoms with Crippen LogP contribution < -0.4 is 10.6 Å². The molecule has 0 aromatic heterocycles. The summed E-state index contributed by atoms with van der Waals surface area (Å²) in [6.45, 7) is 5.48. The minimum absolute atomic E-state index is 0.0183. The van der Waals surface area contributed by atoms with Crippen LogP contribution in [0.2, 0.25) is 10.0 Å². The molecule has 0 saturated heterocycles. The van der Waals surface area contributed by atoms with Gasteiger partial charge in [-0.25, -0.2) is 4.39 Å². The molecule has 2 fully saturated rings. The topological polar surface area (TPSA) is 58.2 Å². The molecule has 3 rings (SSSR count). The molecule has 29 heavy (non-hydrogen) atoms. The van der Waals surface area contributed by atoms with Crippen LogP contribution in [0.5, 0.6) is 0 Å². The first-order chi connectivity index (χ1) is 13.6. The van der Waals surface area contributed by atoms with Crippen LogP contribution in [0.15, 0.2) is 12.1 Å². The molecule has 1 aromatic rings. The summed E-state index contributed by atoms with van der Waals surface area (Å²) in [6, 6.07) is 2.18. The molecule has 4 nitrogen and oxygen atoms in total. The number of halogens is 3. The predicted molar refractivity (Wildman–Crippen MR) is 113 cm³/mol. The van der Waals surface area contributed by atoms with Crippen molar-refractivity contribution in [2.45, 2.75) is 77.8 Å². The molecule has 0 bridgehead atoms. The zero-order valence-corrected chi connectivity index (χ0v) is 18.7. The van der Waals surface area contributed by atoms with Crippen LogP contribution in [-0.2, 0) is 9.59 Å². The Hall–Kier alpha value is -1.33. The second-order valence-corrected chi connectivity index (χ2v) is 10.0. The van der Waals surface area contributed by atoms with E-state index >= 15 is 0 Å². The van der Waals surface area contributed by atoms with E-state index in [2.05, 4.69) is 17.6 Å². The van der Waals surface area contributed by atoms with E-state index in [1.807, 2.05) is 6.92 Å². The van der Waals surface area contributed by atoms with Crippen LogP contribution in [0.25, 0.3) is 0 Å². The zero-order chi connectivity index (χ0) is 21.4. The van der Waals surface area contributed by atoms with Crippen molar-refractivity contribution in [1.29, 1.82) is 0 Å². The molecule has 3 atom stereocenters. The number of hydrogen-bond acceptors (Lipinski definition) is 2. The van der Waals surface area contributed by atoms with Crippen LogP contribution >= 0.6 is 23.2 Å². The molecular formula is C22H29Cl2FN2O2. The highest BCUT2D eigenvalue weighted by Crippen LogP contribution is 2.50. The van der Waals surface area contributed by atoms with Gasteiger partial charge in [0.15, 0.2) is 0 Å². The summed E-state index contributed by atoms with van der Waals surface area (Å²) in [4.78, 5) is 24.8. The monoisotopic (exact) mass is 442 g/mol. The number of hydrogen-bond donors (Lipinski definition) is 2. The van der Waals surface area contributed by atoms with E-state index in [-0.39, 0.29) is 38.9 Å². The summed E-state index contributed by atoms with van der Waals surface area (Å²) in [5.74, 6) is -0.673. The van der Waals surface area contributed by atoms with Crippen LogP contribution in [0, 0.1) is 16.6 Å². The predicted octanol–water partition coefficient (Wildman–Crippen LogP) is 5.57. The fourth-order valence-electron chi connectivity index (χ4n) is 5.04. The van der Waals surface area contributed by atoms with Crippen molar-refractivity contribution in [3.8, 4) is 0 Å². The second kappa shape index (κ2) is 8.43.